The fraction of sp³-hybridized carbons (Fsp3) is 0.320. The first-order valence-electron chi connectivity index (χ1n) is 11.2. The minimum Gasteiger partial charge on any atom is -0.497 e. The first kappa shape index (κ1) is 20.6. The van der Waals surface area contributed by atoms with Gasteiger partial charge in [0.1, 0.15) is 17.6 Å². The van der Waals surface area contributed by atoms with Crippen LogP contribution < -0.4 is 24.4 Å². The Balaban J connectivity index is 1.55. The number of nitrogens with one attached hydrogen (secondary N) is 1. The van der Waals surface area contributed by atoms with Crippen molar-refractivity contribution in [3.8, 4) is 17.2 Å². The Hall–Kier alpha value is -4.01. The second-order valence-electron chi connectivity index (χ2n) is 9.54. The van der Waals surface area contributed by atoms with Gasteiger partial charge in [0.15, 0.2) is 17.3 Å². The van der Waals surface area contributed by atoms with E-state index in [2.05, 4.69) is 26.1 Å². The molecule has 2 amide bonds. The molecule has 9 heteroatoms. The zero-order valence-corrected chi connectivity index (χ0v) is 19.4. The first-order chi connectivity index (χ1) is 16.3. The molecule has 3 aliphatic rings. The Bertz CT molecular complexity index is 1340. The molecule has 2 atom stereocenters. The number of hydrogen-bond acceptors (Lipinski definition) is 6. The summed E-state index contributed by atoms with van der Waals surface area (Å²) in [4.78, 5) is 19.9. The summed E-state index contributed by atoms with van der Waals surface area (Å²) < 4.78 is 18.5. The number of benzene rings is 2. The number of methoxy groups -OCH3 is 1. The van der Waals surface area contributed by atoms with Crippen LogP contribution in [0.1, 0.15) is 37.8 Å². The molecule has 3 aromatic rings. The van der Waals surface area contributed by atoms with Gasteiger partial charge >= 0.3 is 6.03 Å². The van der Waals surface area contributed by atoms with Crippen LogP contribution in [0, 0.1) is 0 Å². The average molecular weight is 460 g/mol. The highest BCUT2D eigenvalue weighted by atomic mass is 16.7. The second kappa shape index (κ2) is 7.24. The van der Waals surface area contributed by atoms with Crippen molar-refractivity contribution in [1.82, 2.24) is 15.1 Å². The van der Waals surface area contributed by atoms with Gasteiger partial charge in [-0.2, -0.15) is 5.10 Å². The van der Waals surface area contributed by atoms with Crippen molar-refractivity contribution in [2.45, 2.75) is 38.3 Å². The molecule has 0 radical (unpaired) electrons. The van der Waals surface area contributed by atoms with Crippen LogP contribution in [0.3, 0.4) is 0 Å². The smallest absolute Gasteiger partial charge is 0.328 e. The molecular formula is C25H25N5O4. The largest absolute Gasteiger partial charge is 0.497 e. The predicted molar refractivity (Wildman–Crippen MR) is 127 cm³/mol. The summed E-state index contributed by atoms with van der Waals surface area (Å²) in [5.41, 5.74) is 2.39. The van der Waals surface area contributed by atoms with E-state index in [9.17, 15) is 4.79 Å². The molecule has 9 nitrogen and oxygen atoms in total. The molecule has 1 saturated heterocycles. The lowest BCUT2D eigenvalue weighted by molar-refractivity contribution is 0.174. The zero-order chi connectivity index (χ0) is 23.6. The van der Waals surface area contributed by atoms with Crippen LogP contribution in [0.15, 0.2) is 53.7 Å². The number of anilines is 1. The number of amides is 2. The van der Waals surface area contributed by atoms with Crippen LogP contribution in [0.2, 0.25) is 0 Å². The molecule has 6 rings (SSSR count). The summed E-state index contributed by atoms with van der Waals surface area (Å²) in [6, 6.07) is 12.8. The van der Waals surface area contributed by atoms with Crippen LogP contribution in [0.4, 0.5) is 16.3 Å². The van der Waals surface area contributed by atoms with Gasteiger partial charge in [-0.15, -0.1) is 0 Å². The van der Waals surface area contributed by atoms with Crippen molar-refractivity contribution in [1.29, 1.82) is 0 Å². The van der Waals surface area contributed by atoms with E-state index in [1.165, 1.54) is 0 Å². The molecular weight excluding hydrogens is 434 g/mol. The quantitative estimate of drug-likeness (QED) is 0.636. The molecule has 0 bridgehead atoms. The molecule has 0 saturated carbocycles. The maximum atomic E-state index is 13.3. The highest BCUT2D eigenvalue weighted by Crippen LogP contribution is 2.47. The second-order valence-corrected chi connectivity index (χ2v) is 9.54. The maximum absolute atomic E-state index is 13.3. The summed E-state index contributed by atoms with van der Waals surface area (Å²) in [6.45, 7) is 6.44. The van der Waals surface area contributed by atoms with E-state index in [0.29, 0.717) is 23.1 Å². The molecule has 4 heterocycles. The van der Waals surface area contributed by atoms with E-state index < -0.39 is 0 Å². The minimum atomic E-state index is -0.384. The number of amidine groups is 1. The molecule has 0 unspecified atom stereocenters. The van der Waals surface area contributed by atoms with E-state index >= 15 is 0 Å². The number of fused-ring (bicyclic) bond motifs is 3. The molecule has 3 aliphatic heterocycles. The SMILES string of the molecule is COc1cccc(N2C(=O)NC3=Nc4c(cnn4C(C)(C)C)[C@H](c4ccc5c(c4)OCO5)[C@@H]32)c1. The molecule has 0 spiro atoms. The predicted octanol–water partition coefficient (Wildman–Crippen LogP) is 4.15. The number of carbonyl (C=O) groups is 1. The Morgan fingerprint density at radius 2 is 1.94 bits per heavy atom. The van der Waals surface area contributed by atoms with Crippen molar-refractivity contribution in [3.05, 3.63) is 59.8 Å². The number of nitrogens with zero attached hydrogens (tertiary/aromatic N) is 4. The highest BCUT2D eigenvalue weighted by Gasteiger charge is 2.48. The van der Waals surface area contributed by atoms with Crippen molar-refractivity contribution >= 4 is 23.4 Å². The molecule has 34 heavy (non-hydrogen) atoms. The van der Waals surface area contributed by atoms with E-state index in [0.717, 1.165) is 22.6 Å². The first-order valence-corrected chi connectivity index (χ1v) is 11.2. The van der Waals surface area contributed by atoms with Gasteiger partial charge in [-0.3, -0.25) is 10.2 Å². The van der Waals surface area contributed by atoms with Crippen LogP contribution in [0.5, 0.6) is 17.2 Å². The third kappa shape index (κ3) is 3.03. The third-order valence-corrected chi connectivity index (χ3v) is 6.38. The fourth-order valence-electron chi connectivity index (χ4n) is 4.86. The maximum Gasteiger partial charge on any atom is 0.328 e. The van der Waals surface area contributed by atoms with Crippen molar-refractivity contribution in [2.75, 3.05) is 18.8 Å². The number of rotatable bonds is 3. The van der Waals surface area contributed by atoms with E-state index in [-0.39, 0.29) is 30.3 Å². The summed E-state index contributed by atoms with van der Waals surface area (Å²) in [5, 5.41) is 7.69. The Morgan fingerprint density at radius 1 is 1.12 bits per heavy atom. The van der Waals surface area contributed by atoms with Crippen molar-refractivity contribution in [2.24, 2.45) is 4.99 Å². The monoisotopic (exact) mass is 459 g/mol. The average Bonchev–Trinajstić information content (AvgIpc) is 3.52. The summed E-state index contributed by atoms with van der Waals surface area (Å²) in [7, 11) is 1.61. The number of hydrogen-bond donors (Lipinski definition) is 1. The van der Waals surface area contributed by atoms with E-state index in [1.54, 1.807) is 12.0 Å². The van der Waals surface area contributed by atoms with Crippen molar-refractivity contribution < 1.29 is 19.0 Å². The number of carbonyl (C=O) groups excluding carboxylic acids is 1. The van der Waals surface area contributed by atoms with E-state index in [4.69, 9.17) is 24.3 Å². The van der Waals surface area contributed by atoms with Gasteiger partial charge in [0.2, 0.25) is 6.79 Å². The lowest BCUT2D eigenvalue weighted by Gasteiger charge is -2.33. The van der Waals surface area contributed by atoms with Gasteiger partial charge in [-0.25, -0.2) is 14.5 Å². The zero-order valence-electron chi connectivity index (χ0n) is 19.4. The lowest BCUT2D eigenvalue weighted by Crippen LogP contribution is -2.42. The normalized spacial score (nSPS) is 20.5. The van der Waals surface area contributed by atoms with Gasteiger partial charge in [-0.05, 0) is 50.6 Å². The minimum absolute atomic E-state index is 0.197. The van der Waals surface area contributed by atoms with Gasteiger partial charge in [0.05, 0.1) is 18.8 Å². The third-order valence-electron chi connectivity index (χ3n) is 6.38. The lowest BCUT2D eigenvalue weighted by atomic mass is 9.83. The highest BCUT2D eigenvalue weighted by molar-refractivity contribution is 6.18. The van der Waals surface area contributed by atoms with Gasteiger partial charge < -0.3 is 14.2 Å². The number of aliphatic imine (C=N–C) groups is 1. The Kier molecular flexibility index (Phi) is 4.39. The molecule has 0 aliphatic carbocycles. The number of aromatic nitrogens is 2. The number of urea groups is 1. The molecule has 1 aromatic heterocycles. The van der Waals surface area contributed by atoms with Crippen LogP contribution in [0.25, 0.3) is 0 Å². The van der Waals surface area contributed by atoms with Gasteiger partial charge in [0, 0.05) is 23.2 Å². The fourth-order valence-corrected chi connectivity index (χ4v) is 4.86. The molecule has 174 valence electrons. The summed E-state index contributed by atoms with van der Waals surface area (Å²) in [6.07, 6.45) is 1.86. The van der Waals surface area contributed by atoms with Crippen LogP contribution in [-0.2, 0) is 5.54 Å². The summed E-state index contributed by atoms with van der Waals surface area (Å²) >= 11 is 0. The van der Waals surface area contributed by atoms with Gasteiger partial charge in [-0.1, -0.05) is 12.1 Å². The Morgan fingerprint density at radius 3 is 2.74 bits per heavy atom. The molecule has 1 N–H and O–H groups in total. The van der Waals surface area contributed by atoms with Crippen LogP contribution >= 0.6 is 0 Å². The van der Waals surface area contributed by atoms with Crippen LogP contribution in [-0.4, -0.2) is 41.6 Å². The van der Waals surface area contributed by atoms with Gasteiger partial charge in [0.25, 0.3) is 0 Å². The standard InChI is InChI=1S/C25H25N5O4/c1-25(2,3)30-23-17(12-26-30)20(14-8-9-18-19(10-14)34-13-33-18)21-22(27-23)28-24(31)29(21)15-6-5-7-16(11-15)32-4/h5-12,20-21H,13H2,1-4H3,(H,27,28,31)/t20-,21-/m0/s1. The number of ether oxygens (including phenoxy) is 3. The van der Waals surface area contributed by atoms with E-state index in [1.807, 2.05) is 53.3 Å². The molecule has 1 fully saturated rings. The Labute approximate surface area is 196 Å². The van der Waals surface area contributed by atoms with Crippen molar-refractivity contribution in [3.63, 3.8) is 0 Å². The topological polar surface area (TPSA) is 90.2 Å². The summed E-state index contributed by atoms with van der Waals surface area (Å²) in [5.74, 6) is 3.19. The molecule has 2 aromatic carbocycles.